The fraction of sp³-hybridized carbons (Fsp3) is 0.545. The number of likely N-dealkylation sites (tertiary alicyclic amines) is 1. The predicted octanol–water partition coefficient (Wildman–Crippen LogP) is 8.04. The van der Waals surface area contributed by atoms with Crippen molar-refractivity contribution in [1.82, 2.24) is 9.47 Å². The van der Waals surface area contributed by atoms with Crippen molar-refractivity contribution in [3.05, 3.63) is 52.5 Å². The Hall–Kier alpha value is -2.50. The summed E-state index contributed by atoms with van der Waals surface area (Å²) in [5.74, 6) is 0.411. The van der Waals surface area contributed by atoms with E-state index in [1.54, 1.807) is 6.07 Å². The minimum Gasteiger partial charge on any atom is -0.478 e. The number of benzene rings is 2. The van der Waals surface area contributed by atoms with Gasteiger partial charge < -0.3 is 19.5 Å². The Morgan fingerprint density at radius 3 is 2.46 bits per heavy atom. The van der Waals surface area contributed by atoms with Crippen LogP contribution in [0.25, 0.3) is 22.2 Å². The molecule has 1 aromatic heterocycles. The van der Waals surface area contributed by atoms with Gasteiger partial charge >= 0.3 is 5.97 Å². The maximum atomic E-state index is 11.9. The molecule has 0 unspecified atom stereocenters. The minimum atomic E-state index is -0.863. The molecule has 6 rings (SSSR count). The van der Waals surface area contributed by atoms with Gasteiger partial charge in [0.25, 0.3) is 0 Å². The molecule has 39 heavy (non-hydrogen) atoms. The van der Waals surface area contributed by atoms with Gasteiger partial charge in [0.2, 0.25) is 0 Å². The maximum Gasteiger partial charge on any atom is 0.335 e. The van der Waals surface area contributed by atoms with E-state index in [9.17, 15) is 9.90 Å². The van der Waals surface area contributed by atoms with E-state index in [1.165, 1.54) is 92.4 Å². The molecule has 2 aromatic carbocycles. The van der Waals surface area contributed by atoms with E-state index in [2.05, 4.69) is 46.4 Å². The van der Waals surface area contributed by atoms with Gasteiger partial charge in [0, 0.05) is 52.9 Å². The van der Waals surface area contributed by atoms with Crippen LogP contribution in [0.1, 0.15) is 87.1 Å². The first-order valence-electron chi connectivity index (χ1n) is 15.1. The molecule has 2 aliphatic heterocycles. The third kappa shape index (κ3) is 5.20. The van der Waals surface area contributed by atoms with E-state index in [-0.39, 0.29) is 0 Å². The first-order valence-corrected chi connectivity index (χ1v) is 15.5. The number of piperidine rings is 1. The van der Waals surface area contributed by atoms with Gasteiger partial charge in [-0.25, -0.2) is 4.79 Å². The Labute approximate surface area is 237 Å². The first-order chi connectivity index (χ1) is 18.9. The van der Waals surface area contributed by atoms with Crippen molar-refractivity contribution in [2.75, 3.05) is 31.1 Å². The molecule has 3 heterocycles. The van der Waals surface area contributed by atoms with Crippen LogP contribution in [0, 0.1) is 5.92 Å². The van der Waals surface area contributed by atoms with E-state index in [0.29, 0.717) is 17.5 Å². The van der Waals surface area contributed by atoms with E-state index in [1.807, 2.05) is 12.1 Å². The second-order valence-corrected chi connectivity index (χ2v) is 12.7. The van der Waals surface area contributed by atoms with Crippen LogP contribution in [0.5, 0.6) is 0 Å². The molecule has 1 saturated carbocycles. The fourth-order valence-corrected chi connectivity index (χ4v) is 7.64. The van der Waals surface area contributed by atoms with Gasteiger partial charge in [-0.1, -0.05) is 36.9 Å². The van der Waals surface area contributed by atoms with Crippen LogP contribution >= 0.6 is 11.6 Å². The van der Waals surface area contributed by atoms with Crippen LogP contribution in [-0.2, 0) is 6.54 Å². The molecule has 1 N–H and O–H groups in total. The van der Waals surface area contributed by atoms with Crippen molar-refractivity contribution < 1.29 is 9.90 Å². The normalized spacial score (nSPS) is 19.3. The van der Waals surface area contributed by atoms with Gasteiger partial charge in [-0.05, 0) is 107 Å². The van der Waals surface area contributed by atoms with Crippen LogP contribution in [0.4, 0.5) is 5.69 Å². The lowest BCUT2D eigenvalue weighted by molar-refractivity contribution is 0.0697. The summed E-state index contributed by atoms with van der Waals surface area (Å²) < 4.78 is 2.43. The summed E-state index contributed by atoms with van der Waals surface area (Å²) in [5.41, 5.74) is 6.63. The fourth-order valence-electron chi connectivity index (χ4n) is 7.47. The number of halogens is 1. The van der Waals surface area contributed by atoms with Crippen LogP contribution in [0.2, 0.25) is 5.02 Å². The predicted molar refractivity (Wildman–Crippen MR) is 161 cm³/mol. The SMILES string of the molecule is CC(C)N1CCC(CCN2CCn3c(c(C4CCCCC4)c4ccc(C(=O)O)cc43)-c3ccc(Cl)cc32)CC1. The number of aromatic nitrogens is 1. The molecule has 3 aliphatic rings. The number of nitrogens with zero attached hydrogens (tertiary/aromatic N) is 3. The van der Waals surface area contributed by atoms with Gasteiger partial charge in [0.1, 0.15) is 0 Å². The van der Waals surface area contributed by atoms with E-state index in [4.69, 9.17) is 11.6 Å². The molecule has 208 valence electrons. The van der Waals surface area contributed by atoms with Crippen molar-refractivity contribution in [2.45, 2.75) is 83.7 Å². The highest BCUT2D eigenvalue weighted by molar-refractivity contribution is 6.31. The zero-order valence-electron chi connectivity index (χ0n) is 23.5. The molecule has 0 spiro atoms. The van der Waals surface area contributed by atoms with Crippen molar-refractivity contribution in [3.8, 4) is 11.3 Å². The summed E-state index contributed by atoms with van der Waals surface area (Å²) in [6.45, 7) is 9.80. The molecule has 0 radical (unpaired) electrons. The zero-order chi connectivity index (χ0) is 27.1. The third-order valence-corrected chi connectivity index (χ3v) is 9.93. The number of carboxylic acid groups (broad SMARTS) is 1. The van der Waals surface area contributed by atoms with Crippen LogP contribution < -0.4 is 4.90 Å². The number of anilines is 1. The summed E-state index contributed by atoms with van der Waals surface area (Å²) in [6.07, 6.45) is 10.0. The number of carboxylic acids is 1. The second-order valence-electron chi connectivity index (χ2n) is 12.3. The molecule has 2 fully saturated rings. The van der Waals surface area contributed by atoms with E-state index < -0.39 is 5.97 Å². The minimum absolute atomic E-state index is 0.364. The standard InChI is InChI=1S/C33H42ClN3O2/c1-22(2)35-15-12-23(13-16-35)14-17-36-18-19-37-30-20-25(33(38)39)8-10-27(30)31(24-6-4-3-5-7-24)32(37)28-11-9-26(34)21-29(28)36/h8-11,20-24H,3-7,12-19H2,1-2H3,(H,38,39). The quantitative estimate of drug-likeness (QED) is 0.339. The summed E-state index contributed by atoms with van der Waals surface area (Å²) in [6, 6.07) is 12.8. The van der Waals surface area contributed by atoms with Gasteiger partial charge in [0.15, 0.2) is 0 Å². The lowest BCUT2D eigenvalue weighted by atomic mass is 9.81. The average molecular weight is 548 g/mol. The molecule has 0 bridgehead atoms. The Bertz CT molecular complexity index is 1350. The second kappa shape index (κ2) is 11.2. The topological polar surface area (TPSA) is 48.7 Å². The maximum absolute atomic E-state index is 11.9. The van der Waals surface area contributed by atoms with E-state index >= 15 is 0 Å². The lowest BCUT2D eigenvalue weighted by Gasteiger charge is -2.35. The summed E-state index contributed by atoms with van der Waals surface area (Å²) in [7, 11) is 0. The number of hydrogen-bond donors (Lipinski definition) is 1. The number of fused-ring (bicyclic) bond motifs is 5. The number of aromatic carboxylic acids is 1. The largest absolute Gasteiger partial charge is 0.478 e. The third-order valence-electron chi connectivity index (χ3n) is 9.70. The Morgan fingerprint density at radius 1 is 0.974 bits per heavy atom. The molecule has 3 aromatic rings. The molecule has 0 atom stereocenters. The first kappa shape index (κ1) is 26.7. The van der Waals surface area contributed by atoms with Crippen LogP contribution in [0.15, 0.2) is 36.4 Å². The van der Waals surface area contributed by atoms with Crippen molar-refractivity contribution >= 4 is 34.2 Å². The van der Waals surface area contributed by atoms with Gasteiger partial charge in [-0.2, -0.15) is 0 Å². The highest BCUT2D eigenvalue weighted by Gasteiger charge is 2.31. The lowest BCUT2D eigenvalue weighted by Crippen LogP contribution is -2.39. The molecule has 1 aliphatic carbocycles. The van der Waals surface area contributed by atoms with Gasteiger partial charge in [-0.3, -0.25) is 0 Å². The highest BCUT2D eigenvalue weighted by Crippen LogP contribution is 2.48. The molecule has 6 heteroatoms. The number of hydrogen-bond acceptors (Lipinski definition) is 3. The Balaban J connectivity index is 1.39. The number of carbonyl (C=O) groups is 1. The summed E-state index contributed by atoms with van der Waals surface area (Å²) in [5, 5.41) is 11.8. The van der Waals surface area contributed by atoms with Crippen molar-refractivity contribution in [1.29, 1.82) is 0 Å². The van der Waals surface area contributed by atoms with Crippen LogP contribution in [-0.4, -0.2) is 52.8 Å². The van der Waals surface area contributed by atoms with Crippen molar-refractivity contribution in [2.24, 2.45) is 5.92 Å². The van der Waals surface area contributed by atoms with E-state index in [0.717, 1.165) is 36.1 Å². The Kier molecular flexibility index (Phi) is 7.65. The molecule has 5 nitrogen and oxygen atoms in total. The van der Waals surface area contributed by atoms with Crippen LogP contribution in [0.3, 0.4) is 0 Å². The molecular formula is C33H42ClN3O2. The molecule has 1 saturated heterocycles. The summed E-state index contributed by atoms with van der Waals surface area (Å²) in [4.78, 5) is 17.1. The monoisotopic (exact) mass is 547 g/mol. The highest BCUT2D eigenvalue weighted by atomic mass is 35.5. The van der Waals surface area contributed by atoms with Gasteiger partial charge in [0.05, 0.1) is 11.3 Å². The smallest absolute Gasteiger partial charge is 0.335 e. The van der Waals surface area contributed by atoms with Crippen molar-refractivity contribution in [3.63, 3.8) is 0 Å². The Morgan fingerprint density at radius 2 is 1.74 bits per heavy atom. The molecular weight excluding hydrogens is 506 g/mol. The average Bonchev–Trinajstić information content (AvgIpc) is 3.18. The zero-order valence-corrected chi connectivity index (χ0v) is 24.2. The van der Waals surface area contributed by atoms with Gasteiger partial charge in [-0.15, -0.1) is 0 Å². The molecule has 0 amide bonds. The summed E-state index contributed by atoms with van der Waals surface area (Å²) >= 11 is 6.64. The number of rotatable bonds is 6.